The van der Waals surface area contributed by atoms with E-state index in [9.17, 15) is 8.42 Å². The molecule has 1 aliphatic rings. The van der Waals surface area contributed by atoms with Gasteiger partial charge in [-0.3, -0.25) is 0 Å². The van der Waals surface area contributed by atoms with Gasteiger partial charge in [0.25, 0.3) is 0 Å². The van der Waals surface area contributed by atoms with Crippen molar-refractivity contribution in [3.05, 3.63) is 58.7 Å². The number of aryl methyl sites for hydroxylation is 1. The van der Waals surface area contributed by atoms with Gasteiger partial charge in [-0.2, -0.15) is 4.98 Å². The van der Waals surface area contributed by atoms with Crippen LogP contribution in [0.25, 0.3) is 0 Å². The lowest BCUT2D eigenvalue weighted by atomic mass is 9.80. The lowest BCUT2D eigenvalue weighted by molar-refractivity contribution is 0.215. The number of nitrogens with one attached hydrogen (secondary N) is 2. The molecule has 41 heavy (non-hydrogen) atoms. The molecule has 11 heteroatoms. The Bertz CT molecular complexity index is 1470. The second kappa shape index (κ2) is 12.9. The lowest BCUT2D eigenvalue weighted by Gasteiger charge is -2.33. The molecule has 9 nitrogen and oxygen atoms in total. The molecular weight excluding hydrogens is 560 g/mol. The second-order valence-corrected chi connectivity index (χ2v) is 13.8. The Kier molecular flexibility index (Phi) is 9.79. The number of aromatic nitrogens is 2. The highest BCUT2D eigenvalue weighted by atomic mass is 35.5. The van der Waals surface area contributed by atoms with E-state index in [0.717, 1.165) is 28.6 Å². The van der Waals surface area contributed by atoms with Gasteiger partial charge >= 0.3 is 0 Å². The molecule has 0 atom stereocenters. The summed E-state index contributed by atoms with van der Waals surface area (Å²) in [5.74, 6) is 1.82. The van der Waals surface area contributed by atoms with Crippen LogP contribution in [-0.4, -0.2) is 67.9 Å². The van der Waals surface area contributed by atoms with Gasteiger partial charge in [0.05, 0.1) is 23.7 Å². The summed E-state index contributed by atoms with van der Waals surface area (Å²) in [5, 5.41) is 6.65. The first-order valence-electron chi connectivity index (χ1n) is 13.9. The van der Waals surface area contributed by atoms with Crippen molar-refractivity contribution < 1.29 is 13.2 Å². The van der Waals surface area contributed by atoms with Gasteiger partial charge in [0.2, 0.25) is 16.0 Å². The maximum absolute atomic E-state index is 12.9. The smallest absolute Gasteiger partial charge is 0.244 e. The Morgan fingerprint density at radius 2 is 1.68 bits per heavy atom. The largest absolute Gasteiger partial charge is 0.489 e. The van der Waals surface area contributed by atoms with E-state index in [1.807, 2.05) is 13.8 Å². The number of para-hydroxylation sites is 1. The van der Waals surface area contributed by atoms with Crippen LogP contribution < -0.4 is 15.4 Å². The summed E-state index contributed by atoms with van der Waals surface area (Å²) < 4.78 is 33.2. The van der Waals surface area contributed by atoms with Crippen LogP contribution in [0.4, 0.5) is 23.1 Å². The fraction of sp³-hybridized carbons (Fsp3) is 0.467. The minimum atomic E-state index is -3.69. The fourth-order valence-electron chi connectivity index (χ4n) is 5.25. The van der Waals surface area contributed by atoms with E-state index in [0.29, 0.717) is 23.6 Å². The molecule has 0 radical (unpaired) electrons. The normalized spacial score (nSPS) is 17.7. The maximum atomic E-state index is 12.9. The summed E-state index contributed by atoms with van der Waals surface area (Å²) in [7, 11) is 3.61. The predicted octanol–water partition coefficient (Wildman–Crippen LogP) is 6.55. The van der Waals surface area contributed by atoms with Crippen molar-refractivity contribution in [2.24, 2.45) is 0 Å². The van der Waals surface area contributed by atoms with Gasteiger partial charge in [0.1, 0.15) is 15.7 Å². The first-order chi connectivity index (χ1) is 19.4. The third-order valence-corrected chi connectivity index (χ3v) is 9.64. The van der Waals surface area contributed by atoms with Crippen molar-refractivity contribution in [3.63, 3.8) is 0 Å². The number of nitrogens with zero attached hydrogens (tertiary/aromatic N) is 4. The average Bonchev–Trinajstić information content (AvgIpc) is 2.92. The van der Waals surface area contributed by atoms with Crippen LogP contribution in [0.5, 0.6) is 5.75 Å². The van der Waals surface area contributed by atoms with Crippen molar-refractivity contribution >= 4 is 44.8 Å². The van der Waals surface area contributed by atoms with Gasteiger partial charge in [-0.25, -0.2) is 17.7 Å². The Hall–Kier alpha value is -2.92. The highest BCUT2D eigenvalue weighted by Crippen LogP contribution is 2.40. The molecule has 0 saturated heterocycles. The molecule has 1 aromatic heterocycles. The Morgan fingerprint density at radius 3 is 2.32 bits per heavy atom. The van der Waals surface area contributed by atoms with Crippen LogP contribution in [0, 0.1) is 6.92 Å². The molecule has 0 bridgehead atoms. The molecule has 2 N–H and O–H groups in total. The molecule has 1 heterocycles. The molecule has 0 amide bonds. The standard InChI is InChI=1S/C30H41ClN6O3S/c1-19(2)40-27-17-23(21-12-14-22(15-13-21)36(4)5)20(3)16-26(27)34-30-32-18-24(31)29(35-30)33-25-10-8-9-11-28(25)41(38,39)37(6)7/h8-11,16-19,21-22H,12-15H2,1-7H3,(H2,32,33,34,35)/t21-,22+. The van der Waals surface area contributed by atoms with Crippen LogP contribution in [0.2, 0.25) is 5.02 Å². The van der Waals surface area contributed by atoms with Gasteiger partial charge in [-0.15, -0.1) is 0 Å². The number of sulfonamides is 1. The predicted molar refractivity (Wildman–Crippen MR) is 167 cm³/mol. The van der Waals surface area contributed by atoms with Crippen LogP contribution >= 0.6 is 11.6 Å². The number of anilines is 4. The number of halogens is 1. The first kappa shape index (κ1) is 31.0. The third-order valence-electron chi connectivity index (χ3n) is 7.49. The van der Waals surface area contributed by atoms with Crippen molar-refractivity contribution in [1.82, 2.24) is 19.2 Å². The number of hydrogen-bond acceptors (Lipinski definition) is 8. The number of benzene rings is 2. The van der Waals surface area contributed by atoms with Crippen LogP contribution in [0.3, 0.4) is 0 Å². The van der Waals surface area contributed by atoms with Gasteiger partial charge in [0, 0.05) is 20.1 Å². The molecular formula is C30H41ClN6O3S. The van der Waals surface area contributed by atoms with Crippen molar-refractivity contribution in [2.75, 3.05) is 38.8 Å². The molecule has 1 fully saturated rings. The van der Waals surface area contributed by atoms with Gasteiger partial charge < -0.3 is 20.3 Å². The highest BCUT2D eigenvalue weighted by molar-refractivity contribution is 7.89. The molecule has 0 spiro atoms. The van der Waals surface area contributed by atoms with Crippen LogP contribution in [0.1, 0.15) is 56.6 Å². The minimum absolute atomic E-state index is 0.0194. The summed E-state index contributed by atoms with van der Waals surface area (Å²) >= 11 is 6.44. The van der Waals surface area contributed by atoms with Crippen LogP contribution in [0.15, 0.2) is 47.5 Å². The average molecular weight is 601 g/mol. The molecule has 1 saturated carbocycles. The van der Waals surface area contributed by atoms with Crippen molar-refractivity contribution in [2.45, 2.75) is 69.4 Å². The van der Waals surface area contributed by atoms with Gasteiger partial charge in [-0.05, 0) is 102 Å². The van der Waals surface area contributed by atoms with Crippen molar-refractivity contribution in [3.8, 4) is 5.75 Å². The zero-order chi connectivity index (χ0) is 29.9. The SMILES string of the molecule is Cc1cc(Nc2ncc(Cl)c(Nc3ccccc3S(=O)(=O)N(C)C)n2)c(OC(C)C)cc1[C@H]1CC[C@@H](N(C)C)CC1. The van der Waals surface area contributed by atoms with E-state index in [1.54, 1.807) is 24.3 Å². The van der Waals surface area contributed by atoms with E-state index in [4.69, 9.17) is 16.3 Å². The topological polar surface area (TPSA) is 99.7 Å². The molecule has 1 aliphatic carbocycles. The van der Waals surface area contributed by atoms with E-state index >= 15 is 0 Å². The Morgan fingerprint density at radius 1 is 1.00 bits per heavy atom. The van der Waals surface area contributed by atoms with Gasteiger partial charge in [-0.1, -0.05) is 23.7 Å². The third kappa shape index (κ3) is 7.30. The molecule has 4 rings (SSSR count). The molecule has 0 aliphatic heterocycles. The minimum Gasteiger partial charge on any atom is -0.489 e. The summed E-state index contributed by atoms with van der Waals surface area (Å²) in [4.78, 5) is 11.4. The number of rotatable bonds is 10. The molecule has 222 valence electrons. The number of ether oxygens (including phenoxy) is 1. The quantitative estimate of drug-likeness (QED) is 0.270. The summed E-state index contributed by atoms with van der Waals surface area (Å²) in [6, 6.07) is 11.5. The van der Waals surface area contributed by atoms with E-state index in [1.165, 1.54) is 44.3 Å². The second-order valence-electron chi connectivity index (χ2n) is 11.3. The molecule has 2 aromatic carbocycles. The van der Waals surface area contributed by atoms with Crippen molar-refractivity contribution in [1.29, 1.82) is 0 Å². The summed E-state index contributed by atoms with van der Waals surface area (Å²) in [5.41, 5.74) is 3.63. The van der Waals surface area contributed by atoms with E-state index < -0.39 is 10.0 Å². The summed E-state index contributed by atoms with van der Waals surface area (Å²) in [6.07, 6.45) is 6.13. The van der Waals surface area contributed by atoms with Gasteiger partial charge in [0.15, 0.2) is 5.82 Å². The van der Waals surface area contributed by atoms with E-state index in [2.05, 4.69) is 58.7 Å². The van der Waals surface area contributed by atoms with Crippen LogP contribution in [-0.2, 0) is 10.0 Å². The zero-order valence-electron chi connectivity index (χ0n) is 24.9. The monoisotopic (exact) mass is 600 g/mol. The van der Waals surface area contributed by atoms with E-state index in [-0.39, 0.29) is 21.8 Å². The lowest BCUT2D eigenvalue weighted by Crippen LogP contribution is -2.31. The Balaban J connectivity index is 1.63. The fourth-order valence-corrected chi connectivity index (χ4v) is 6.43. The molecule has 3 aromatic rings. The molecule has 0 unspecified atom stereocenters. The summed E-state index contributed by atoms with van der Waals surface area (Å²) in [6.45, 7) is 6.15. The highest BCUT2D eigenvalue weighted by Gasteiger charge is 2.26. The number of hydrogen-bond donors (Lipinski definition) is 2. The maximum Gasteiger partial charge on any atom is 0.244 e. The first-order valence-corrected chi connectivity index (χ1v) is 15.7. The Labute approximate surface area is 249 Å². The zero-order valence-corrected chi connectivity index (χ0v) is 26.5.